The molecule has 1 heterocycles. The van der Waals surface area contributed by atoms with Gasteiger partial charge in [-0.1, -0.05) is 17.7 Å². The lowest BCUT2D eigenvalue weighted by Gasteiger charge is -2.24. The van der Waals surface area contributed by atoms with E-state index in [0.717, 1.165) is 25.9 Å². The average molecular weight is 257 g/mol. The summed E-state index contributed by atoms with van der Waals surface area (Å²) in [6.07, 6.45) is 1.92. The Morgan fingerprint density at radius 3 is 3.00 bits per heavy atom. The van der Waals surface area contributed by atoms with E-state index in [4.69, 9.17) is 11.6 Å². The topological polar surface area (TPSA) is 41.1 Å². The van der Waals surface area contributed by atoms with E-state index in [1.54, 1.807) is 0 Å². The summed E-state index contributed by atoms with van der Waals surface area (Å²) in [5.74, 6) is -1.03. The van der Waals surface area contributed by atoms with Crippen molar-refractivity contribution in [3.8, 4) is 0 Å². The van der Waals surface area contributed by atoms with E-state index >= 15 is 0 Å². The van der Waals surface area contributed by atoms with Crippen LogP contribution in [0, 0.1) is 5.82 Å². The maximum Gasteiger partial charge on any atom is 0.256 e. The lowest BCUT2D eigenvalue weighted by Crippen LogP contribution is -2.45. The minimum atomic E-state index is -0.584. The van der Waals surface area contributed by atoms with Gasteiger partial charge in [0.25, 0.3) is 5.91 Å². The van der Waals surface area contributed by atoms with Crippen LogP contribution in [-0.4, -0.2) is 25.0 Å². The lowest BCUT2D eigenvalue weighted by molar-refractivity contribution is 0.0927. The van der Waals surface area contributed by atoms with Gasteiger partial charge in [-0.15, -0.1) is 0 Å². The van der Waals surface area contributed by atoms with Crippen LogP contribution < -0.4 is 10.6 Å². The van der Waals surface area contributed by atoms with Gasteiger partial charge >= 0.3 is 0 Å². The zero-order chi connectivity index (χ0) is 12.3. The normalized spacial score (nSPS) is 20.0. The molecule has 1 aromatic carbocycles. The van der Waals surface area contributed by atoms with Crippen LogP contribution in [0.2, 0.25) is 5.02 Å². The number of carbonyl (C=O) groups excluding carboxylic acids is 1. The summed E-state index contributed by atoms with van der Waals surface area (Å²) in [6.45, 7) is 1.69. The van der Waals surface area contributed by atoms with Gasteiger partial charge in [0.2, 0.25) is 0 Å². The molecule has 1 aliphatic heterocycles. The van der Waals surface area contributed by atoms with Crippen LogP contribution in [0.3, 0.4) is 0 Å². The molecule has 1 aromatic rings. The minimum Gasteiger partial charge on any atom is -0.348 e. The summed E-state index contributed by atoms with van der Waals surface area (Å²) >= 11 is 5.83. The van der Waals surface area contributed by atoms with Gasteiger partial charge in [0, 0.05) is 12.6 Å². The minimum absolute atomic E-state index is 0.0481. The monoisotopic (exact) mass is 256 g/mol. The highest BCUT2D eigenvalue weighted by Gasteiger charge is 2.20. The highest BCUT2D eigenvalue weighted by molar-refractivity contribution is 6.33. The molecule has 0 bridgehead atoms. The second kappa shape index (κ2) is 5.47. The van der Waals surface area contributed by atoms with E-state index in [2.05, 4.69) is 10.6 Å². The maximum atomic E-state index is 13.5. The van der Waals surface area contributed by atoms with Crippen molar-refractivity contribution in [2.45, 2.75) is 18.9 Å². The molecular weight excluding hydrogens is 243 g/mol. The van der Waals surface area contributed by atoms with Crippen molar-refractivity contribution in [2.75, 3.05) is 13.1 Å². The third-order valence-electron chi connectivity index (χ3n) is 2.82. The van der Waals surface area contributed by atoms with Crippen LogP contribution in [0.15, 0.2) is 18.2 Å². The number of halogens is 2. The number of piperidine rings is 1. The van der Waals surface area contributed by atoms with E-state index in [-0.39, 0.29) is 16.6 Å². The van der Waals surface area contributed by atoms with Crippen LogP contribution in [0.5, 0.6) is 0 Å². The quantitative estimate of drug-likeness (QED) is 0.849. The Bertz CT molecular complexity index is 399. The van der Waals surface area contributed by atoms with Crippen LogP contribution in [0.1, 0.15) is 23.2 Å². The highest BCUT2D eigenvalue weighted by Crippen LogP contribution is 2.19. The first-order valence-electron chi connectivity index (χ1n) is 5.64. The van der Waals surface area contributed by atoms with Crippen molar-refractivity contribution in [1.82, 2.24) is 10.6 Å². The Morgan fingerprint density at radius 2 is 2.35 bits per heavy atom. The zero-order valence-corrected chi connectivity index (χ0v) is 10.1. The van der Waals surface area contributed by atoms with Crippen molar-refractivity contribution < 1.29 is 9.18 Å². The Labute approximate surface area is 104 Å². The average Bonchev–Trinajstić information content (AvgIpc) is 2.30. The molecule has 0 aliphatic carbocycles. The smallest absolute Gasteiger partial charge is 0.256 e. The fraction of sp³-hybridized carbons (Fsp3) is 0.417. The molecule has 0 unspecified atom stereocenters. The first-order chi connectivity index (χ1) is 8.18. The molecule has 1 aliphatic rings. The van der Waals surface area contributed by atoms with Gasteiger partial charge in [-0.3, -0.25) is 4.79 Å². The maximum absolute atomic E-state index is 13.5. The Balaban J connectivity index is 2.08. The predicted molar refractivity (Wildman–Crippen MR) is 64.8 cm³/mol. The standard InChI is InChI=1S/C12H14ClFN2O/c13-9-4-1-5-10(14)11(9)12(17)16-8-3-2-6-15-7-8/h1,4-5,8,15H,2-3,6-7H2,(H,16,17)/t8-/m1/s1. The first kappa shape index (κ1) is 12.3. The molecule has 2 N–H and O–H groups in total. The van der Waals surface area contributed by atoms with Crippen LogP contribution in [0.4, 0.5) is 4.39 Å². The summed E-state index contributed by atoms with van der Waals surface area (Å²) in [7, 11) is 0. The van der Waals surface area contributed by atoms with Crippen LogP contribution in [0.25, 0.3) is 0 Å². The van der Waals surface area contributed by atoms with Crippen LogP contribution >= 0.6 is 11.6 Å². The molecular formula is C12H14ClFN2O. The number of amides is 1. The second-order valence-corrected chi connectivity index (χ2v) is 4.52. The largest absolute Gasteiger partial charge is 0.348 e. The molecule has 1 fully saturated rings. The second-order valence-electron chi connectivity index (χ2n) is 4.11. The van der Waals surface area contributed by atoms with Crippen molar-refractivity contribution in [3.63, 3.8) is 0 Å². The fourth-order valence-corrected chi connectivity index (χ4v) is 2.20. The van der Waals surface area contributed by atoms with Gasteiger partial charge in [0.15, 0.2) is 0 Å². The van der Waals surface area contributed by atoms with Gasteiger partial charge in [-0.25, -0.2) is 4.39 Å². The fourth-order valence-electron chi connectivity index (χ4n) is 1.95. The van der Waals surface area contributed by atoms with Crippen molar-refractivity contribution in [2.24, 2.45) is 0 Å². The van der Waals surface area contributed by atoms with E-state index in [0.29, 0.717) is 0 Å². The summed E-state index contributed by atoms with van der Waals surface area (Å²) in [5.41, 5.74) is -0.0697. The molecule has 0 radical (unpaired) electrons. The molecule has 3 nitrogen and oxygen atoms in total. The van der Waals surface area contributed by atoms with Gasteiger partial charge in [-0.2, -0.15) is 0 Å². The summed E-state index contributed by atoms with van der Waals surface area (Å²) in [5, 5.41) is 6.12. The van der Waals surface area contributed by atoms with Gasteiger partial charge < -0.3 is 10.6 Å². The number of rotatable bonds is 2. The molecule has 0 spiro atoms. The van der Waals surface area contributed by atoms with Crippen molar-refractivity contribution in [3.05, 3.63) is 34.6 Å². The number of nitrogens with one attached hydrogen (secondary N) is 2. The molecule has 2 rings (SSSR count). The Kier molecular flexibility index (Phi) is 3.97. The van der Waals surface area contributed by atoms with Gasteiger partial charge in [-0.05, 0) is 31.5 Å². The third kappa shape index (κ3) is 2.96. The van der Waals surface area contributed by atoms with E-state index in [1.165, 1.54) is 18.2 Å². The van der Waals surface area contributed by atoms with Crippen molar-refractivity contribution in [1.29, 1.82) is 0 Å². The Morgan fingerprint density at radius 1 is 1.53 bits per heavy atom. The molecule has 92 valence electrons. The molecule has 0 aromatic heterocycles. The van der Waals surface area contributed by atoms with E-state index < -0.39 is 11.7 Å². The number of hydrogen-bond acceptors (Lipinski definition) is 2. The van der Waals surface area contributed by atoms with Crippen LogP contribution in [-0.2, 0) is 0 Å². The lowest BCUT2D eigenvalue weighted by atomic mass is 10.1. The number of benzene rings is 1. The Hall–Kier alpha value is -1.13. The molecule has 0 saturated carbocycles. The molecule has 17 heavy (non-hydrogen) atoms. The predicted octanol–water partition coefficient (Wildman–Crippen LogP) is 1.96. The molecule has 1 amide bonds. The molecule has 1 saturated heterocycles. The SMILES string of the molecule is O=C(N[C@@H]1CCCNC1)c1c(F)cccc1Cl. The van der Waals surface area contributed by atoms with E-state index in [1.807, 2.05) is 0 Å². The van der Waals surface area contributed by atoms with Gasteiger partial charge in [0.1, 0.15) is 5.82 Å². The summed E-state index contributed by atoms with van der Waals surface area (Å²) < 4.78 is 13.5. The van der Waals surface area contributed by atoms with E-state index in [9.17, 15) is 9.18 Å². The molecule has 5 heteroatoms. The molecule has 1 atom stereocenters. The van der Waals surface area contributed by atoms with Gasteiger partial charge in [0.05, 0.1) is 10.6 Å². The number of carbonyl (C=O) groups is 1. The summed E-state index contributed by atoms with van der Waals surface area (Å²) in [4.78, 5) is 11.9. The highest BCUT2D eigenvalue weighted by atomic mass is 35.5. The van der Waals surface area contributed by atoms with Crippen molar-refractivity contribution >= 4 is 17.5 Å². The first-order valence-corrected chi connectivity index (χ1v) is 6.02. The number of hydrogen-bond donors (Lipinski definition) is 2. The zero-order valence-electron chi connectivity index (χ0n) is 9.30. The third-order valence-corrected chi connectivity index (χ3v) is 3.14. The summed E-state index contributed by atoms with van der Waals surface area (Å²) in [6, 6.07) is 4.28.